The van der Waals surface area contributed by atoms with E-state index in [4.69, 9.17) is 0 Å². The fourth-order valence-corrected chi connectivity index (χ4v) is 2.04. The van der Waals surface area contributed by atoms with Crippen molar-refractivity contribution in [3.8, 4) is 5.75 Å². The Morgan fingerprint density at radius 3 is 2.00 bits per heavy atom. The maximum atomic E-state index is 12.6. The number of aromatic nitrogens is 1. The van der Waals surface area contributed by atoms with Crippen LogP contribution in [-0.4, -0.2) is 11.3 Å². The normalized spacial score (nSPS) is 12.9. The van der Waals surface area contributed by atoms with Crippen LogP contribution in [-0.2, 0) is 6.18 Å². The van der Waals surface area contributed by atoms with Crippen molar-refractivity contribution in [2.75, 3.05) is 0 Å². The average Bonchev–Trinajstić information content (AvgIpc) is 2.11. The van der Waals surface area contributed by atoms with Gasteiger partial charge in [-0.05, 0) is 22.6 Å². The summed E-state index contributed by atoms with van der Waals surface area (Å²) in [5.74, 6) is -1.46. The standard InChI is InChI=1S/C8H2F8INO/c9-6(10)3-2(19-8(14,15)16)1-18-5(4(3)17)7(11,12)13/h1,6H. The Morgan fingerprint density at radius 1 is 1.11 bits per heavy atom. The second-order valence-electron chi connectivity index (χ2n) is 3.04. The number of hydrogen-bond donors (Lipinski definition) is 0. The van der Waals surface area contributed by atoms with Crippen molar-refractivity contribution in [2.45, 2.75) is 19.0 Å². The summed E-state index contributed by atoms with van der Waals surface area (Å²) in [6, 6.07) is 0. The Kier molecular flexibility index (Phi) is 4.47. The molecule has 108 valence electrons. The van der Waals surface area contributed by atoms with E-state index < -0.39 is 39.5 Å². The molecule has 0 N–H and O–H groups in total. The van der Waals surface area contributed by atoms with E-state index in [1.54, 1.807) is 0 Å². The third-order valence-electron chi connectivity index (χ3n) is 1.73. The number of halogens is 9. The molecule has 0 radical (unpaired) electrons. The van der Waals surface area contributed by atoms with Crippen LogP contribution < -0.4 is 4.74 Å². The molecule has 1 aromatic heterocycles. The molecule has 0 spiro atoms. The molecule has 0 atom stereocenters. The number of ether oxygens (including phenoxy) is 1. The Balaban J connectivity index is 3.41. The molecule has 1 rings (SSSR count). The first-order chi connectivity index (χ1) is 8.43. The number of rotatable bonds is 2. The molecule has 0 bridgehead atoms. The van der Waals surface area contributed by atoms with Gasteiger partial charge in [-0.25, -0.2) is 13.8 Å². The SMILES string of the molecule is FC(F)c1c(OC(F)(F)F)cnc(C(F)(F)F)c1I. The molecular formula is C8H2F8INO. The summed E-state index contributed by atoms with van der Waals surface area (Å²) in [6.45, 7) is 0. The quantitative estimate of drug-likeness (QED) is 0.531. The summed E-state index contributed by atoms with van der Waals surface area (Å²) >= 11 is 0.849. The molecule has 1 aromatic rings. The largest absolute Gasteiger partial charge is 0.573 e. The second kappa shape index (κ2) is 5.25. The fourth-order valence-electron chi connectivity index (χ4n) is 1.09. The number of nitrogens with zero attached hydrogens (tertiary/aromatic N) is 1. The molecular weight excluding hydrogens is 405 g/mol. The van der Waals surface area contributed by atoms with Crippen molar-refractivity contribution < 1.29 is 39.9 Å². The van der Waals surface area contributed by atoms with E-state index in [2.05, 4.69) is 9.72 Å². The van der Waals surface area contributed by atoms with Crippen LogP contribution in [0.15, 0.2) is 6.20 Å². The lowest BCUT2D eigenvalue weighted by Crippen LogP contribution is -2.20. The molecule has 0 aliphatic rings. The molecule has 0 unspecified atom stereocenters. The van der Waals surface area contributed by atoms with Gasteiger partial charge < -0.3 is 4.74 Å². The summed E-state index contributed by atoms with van der Waals surface area (Å²) in [5.41, 5.74) is -3.20. The Morgan fingerprint density at radius 2 is 1.63 bits per heavy atom. The lowest BCUT2D eigenvalue weighted by molar-refractivity contribution is -0.275. The summed E-state index contributed by atoms with van der Waals surface area (Å²) in [7, 11) is 0. The molecule has 0 amide bonds. The molecule has 0 saturated carbocycles. The van der Waals surface area contributed by atoms with Gasteiger partial charge in [-0.1, -0.05) is 0 Å². The molecule has 0 aromatic carbocycles. The maximum absolute atomic E-state index is 12.6. The third-order valence-corrected chi connectivity index (χ3v) is 2.83. The van der Waals surface area contributed by atoms with Gasteiger partial charge in [0.15, 0.2) is 11.4 Å². The van der Waals surface area contributed by atoms with E-state index in [1.165, 1.54) is 0 Å². The van der Waals surface area contributed by atoms with E-state index in [0.29, 0.717) is 0 Å². The van der Waals surface area contributed by atoms with Crippen molar-refractivity contribution in [1.82, 2.24) is 4.98 Å². The molecule has 0 aliphatic carbocycles. The van der Waals surface area contributed by atoms with Crippen LogP contribution in [0.3, 0.4) is 0 Å². The van der Waals surface area contributed by atoms with Gasteiger partial charge >= 0.3 is 12.5 Å². The molecule has 19 heavy (non-hydrogen) atoms. The number of pyridine rings is 1. The average molecular weight is 407 g/mol. The molecule has 0 saturated heterocycles. The zero-order valence-corrected chi connectivity index (χ0v) is 10.6. The maximum Gasteiger partial charge on any atom is 0.573 e. The highest BCUT2D eigenvalue weighted by Crippen LogP contribution is 2.41. The molecule has 1 heterocycles. The lowest BCUT2D eigenvalue weighted by atomic mass is 10.2. The minimum absolute atomic E-state index is 0.0278. The van der Waals surface area contributed by atoms with Crippen LogP contribution in [0.2, 0.25) is 0 Å². The van der Waals surface area contributed by atoms with Gasteiger partial charge in [0.05, 0.1) is 15.3 Å². The summed E-state index contributed by atoms with van der Waals surface area (Å²) in [6.07, 6.45) is -14.0. The van der Waals surface area contributed by atoms with Gasteiger partial charge in [-0.2, -0.15) is 13.2 Å². The van der Waals surface area contributed by atoms with Crippen LogP contribution >= 0.6 is 22.6 Å². The smallest absolute Gasteiger partial charge is 0.404 e. The first kappa shape index (κ1) is 16.2. The second-order valence-corrected chi connectivity index (χ2v) is 4.12. The van der Waals surface area contributed by atoms with Crippen LogP contribution in [0.5, 0.6) is 5.75 Å². The van der Waals surface area contributed by atoms with Crippen molar-refractivity contribution >= 4 is 22.6 Å². The number of hydrogen-bond acceptors (Lipinski definition) is 2. The first-order valence-corrected chi connectivity index (χ1v) is 5.31. The van der Waals surface area contributed by atoms with Gasteiger partial charge in [-0.15, -0.1) is 13.2 Å². The van der Waals surface area contributed by atoms with Gasteiger partial charge in [0.2, 0.25) is 0 Å². The van der Waals surface area contributed by atoms with E-state index in [1.807, 2.05) is 0 Å². The van der Waals surface area contributed by atoms with Crippen LogP contribution in [0.4, 0.5) is 35.1 Å². The highest BCUT2D eigenvalue weighted by atomic mass is 127. The zero-order chi connectivity index (χ0) is 15.0. The minimum Gasteiger partial charge on any atom is -0.404 e. The molecule has 0 fully saturated rings. The van der Waals surface area contributed by atoms with E-state index in [9.17, 15) is 35.1 Å². The number of alkyl halides is 8. The van der Waals surface area contributed by atoms with E-state index >= 15 is 0 Å². The summed E-state index contributed by atoms with van der Waals surface area (Å²) in [4.78, 5) is 2.69. The Bertz CT molecular complexity index is 469. The molecule has 2 nitrogen and oxygen atoms in total. The predicted molar refractivity (Wildman–Crippen MR) is 53.6 cm³/mol. The van der Waals surface area contributed by atoms with Crippen LogP contribution in [0.25, 0.3) is 0 Å². The fraction of sp³-hybridized carbons (Fsp3) is 0.375. The zero-order valence-electron chi connectivity index (χ0n) is 8.41. The summed E-state index contributed by atoms with van der Waals surface area (Å²) < 4.78 is 100. The highest BCUT2D eigenvalue weighted by molar-refractivity contribution is 14.1. The summed E-state index contributed by atoms with van der Waals surface area (Å²) in [5, 5.41) is 0. The van der Waals surface area contributed by atoms with Gasteiger partial charge in [-0.3, -0.25) is 0 Å². The van der Waals surface area contributed by atoms with E-state index in [0.717, 1.165) is 22.6 Å². The monoisotopic (exact) mass is 407 g/mol. The van der Waals surface area contributed by atoms with Gasteiger partial charge in [0.1, 0.15) is 0 Å². The van der Waals surface area contributed by atoms with Crippen molar-refractivity contribution in [3.63, 3.8) is 0 Å². The predicted octanol–water partition coefficient (Wildman–Crippen LogP) is 4.54. The Labute approximate surface area is 113 Å². The van der Waals surface area contributed by atoms with Crippen molar-refractivity contribution in [1.29, 1.82) is 0 Å². The molecule has 11 heteroatoms. The molecule has 0 aliphatic heterocycles. The minimum atomic E-state index is -5.31. The third kappa shape index (κ3) is 4.04. The lowest BCUT2D eigenvalue weighted by Gasteiger charge is -2.16. The van der Waals surface area contributed by atoms with Gasteiger partial charge in [0.25, 0.3) is 6.43 Å². The topological polar surface area (TPSA) is 22.1 Å². The Hall–Kier alpha value is -0.880. The van der Waals surface area contributed by atoms with E-state index in [-0.39, 0.29) is 6.20 Å². The first-order valence-electron chi connectivity index (χ1n) is 4.23. The van der Waals surface area contributed by atoms with Crippen LogP contribution in [0, 0.1) is 3.57 Å². The highest BCUT2D eigenvalue weighted by Gasteiger charge is 2.40. The van der Waals surface area contributed by atoms with Gasteiger partial charge in [0, 0.05) is 0 Å². The van der Waals surface area contributed by atoms with Crippen molar-refractivity contribution in [2.24, 2.45) is 0 Å². The van der Waals surface area contributed by atoms with Crippen LogP contribution in [0.1, 0.15) is 17.7 Å². The van der Waals surface area contributed by atoms with Crippen molar-refractivity contribution in [3.05, 3.63) is 21.0 Å².